The SMILES string of the molecule is Cc1ncc2c(n1)CCC[C@@H]2NC(=O)c1ccncc1. The van der Waals surface area contributed by atoms with E-state index in [2.05, 4.69) is 20.3 Å². The van der Waals surface area contributed by atoms with Crippen molar-refractivity contribution in [3.63, 3.8) is 0 Å². The van der Waals surface area contributed by atoms with E-state index >= 15 is 0 Å². The van der Waals surface area contributed by atoms with Crippen LogP contribution in [0.1, 0.15) is 46.3 Å². The minimum absolute atomic E-state index is 0.0000142. The third kappa shape index (κ3) is 2.52. The highest BCUT2D eigenvalue weighted by Crippen LogP contribution is 2.28. The van der Waals surface area contributed by atoms with E-state index in [9.17, 15) is 4.79 Å². The molecule has 1 aliphatic carbocycles. The Balaban J connectivity index is 1.81. The van der Waals surface area contributed by atoms with Crippen LogP contribution in [0.3, 0.4) is 0 Å². The highest BCUT2D eigenvalue weighted by Gasteiger charge is 2.23. The van der Waals surface area contributed by atoms with E-state index in [0.717, 1.165) is 36.3 Å². The van der Waals surface area contributed by atoms with Crippen LogP contribution in [0.15, 0.2) is 30.7 Å². The predicted molar refractivity (Wildman–Crippen MR) is 74.2 cm³/mol. The maximum Gasteiger partial charge on any atom is 0.251 e. The maximum absolute atomic E-state index is 12.2. The van der Waals surface area contributed by atoms with E-state index in [1.54, 1.807) is 24.5 Å². The molecule has 0 aromatic carbocycles. The van der Waals surface area contributed by atoms with E-state index in [-0.39, 0.29) is 11.9 Å². The first kappa shape index (κ1) is 12.7. The highest BCUT2D eigenvalue weighted by atomic mass is 16.1. The topological polar surface area (TPSA) is 67.8 Å². The quantitative estimate of drug-likeness (QED) is 0.904. The minimum atomic E-state index is -0.0779. The van der Waals surface area contributed by atoms with Gasteiger partial charge in [0.2, 0.25) is 0 Å². The largest absolute Gasteiger partial charge is 0.345 e. The summed E-state index contributed by atoms with van der Waals surface area (Å²) in [5.41, 5.74) is 2.73. The van der Waals surface area contributed by atoms with Crippen molar-refractivity contribution in [2.24, 2.45) is 0 Å². The third-order valence-electron chi connectivity index (χ3n) is 3.55. The van der Waals surface area contributed by atoms with Crippen molar-refractivity contribution in [3.8, 4) is 0 Å². The molecule has 0 radical (unpaired) electrons. The molecule has 1 N–H and O–H groups in total. The summed E-state index contributed by atoms with van der Waals surface area (Å²) in [6.07, 6.45) is 8.00. The second-order valence-electron chi connectivity index (χ2n) is 4.97. The first-order valence-electron chi connectivity index (χ1n) is 6.77. The van der Waals surface area contributed by atoms with Gasteiger partial charge < -0.3 is 5.32 Å². The lowest BCUT2D eigenvalue weighted by molar-refractivity contribution is 0.0932. The second kappa shape index (κ2) is 5.36. The average Bonchev–Trinajstić information content (AvgIpc) is 2.48. The van der Waals surface area contributed by atoms with Gasteiger partial charge in [-0.1, -0.05) is 0 Å². The molecule has 2 heterocycles. The molecule has 1 aliphatic rings. The molecule has 2 aromatic rings. The second-order valence-corrected chi connectivity index (χ2v) is 4.97. The van der Waals surface area contributed by atoms with Crippen LogP contribution in [0, 0.1) is 6.92 Å². The van der Waals surface area contributed by atoms with Gasteiger partial charge in [0.1, 0.15) is 5.82 Å². The van der Waals surface area contributed by atoms with Gasteiger partial charge in [-0.15, -0.1) is 0 Å². The Bertz CT molecular complexity index is 627. The smallest absolute Gasteiger partial charge is 0.251 e. The Kier molecular flexibility index (Phi) is 3.41. The normalized spacial score (nSPS) is 17.4. The van der Waals surface area contributed by atoms with E-state index in [1.807, 2.05) is 13.1 Å². The predicted octanol–water partition coefficient (Wildman–Crippen LogP) is 1.99. The molecule has 0 saturated carbocycles. The number of carbonyl (C=O) groups is 1. The number of amides is 1. The van der Waals surface area contributed by atoms with Crippen LogP contribution in [0.5, 0.6) is 0 Å². The van der Waals surface area contributed by atoms with Crippen molar-refractivity contribution in [2.75, 3.05) is 0 Å². The van der Waals surface area contributed by atoms with E-state index in [0.29, 0.717) is 5.56 Å². The number of fused-ring (bicyclic) bond motifs is 1. The number of hydrogen-bond donors (Lipinski definition) is 1. The molecule has 0 spiro atoms. The molecule has 0 unspecified atom stereocenters. The van der Waals surface area contributed by atoms with Crippen LogP contribution in [0.25, 0.3) is 0 Å². The average molecular weight is 268 g/mol. The molecule has 1 amide bonds. The van der Waals surface area contributed by atoms with Gasteiger partial charge in [0.15, 0.2) is 0 Å². The monoisotopic (exact) mass is 268 g/mol. The van der Waals surface area contributed by atoms with E-state index in [1.165, 1.54) is 0 Å². The Labute approximate surface area is 117 Å². The fourth-order valence-corrected chi connectivity index (χ4v) is 2.54. The van der Waals surface area contributed by atoms with E-state index < -0.39 is 0 Å². The van der Waals surface area contributed by atoms with Gasteiger partial charge in [0.05, 0.1) is 6.04 Å². The van der Waals surface area contributed by atoms with Crippen molar-refractivity contribution in [2.45, 2.75) is 32.2 Å². The number of pyridine rings is 1. The van der Waals surface area contributed by atoms with Crippen LogP contribution in [-0.4, -0.2) is 20.9 Å². The molecule has 0 aliphatic heterocycles. The number of nitrogens with one attached hydrogen (secondary N) is 1. The van der Waals surface area contributed by atoms with Crippen LogP contribution in [0.2, 0.25) is 0 Å². The highest BCUT2D eigenvalue weighted by molar-refractivity contribution is 5.94. The minimum Gasteiger partial charge on any atom is -0.345 e. The molecule has 20 heavy (non-hydrogen) atoms. The molecule has 1 atom stereocenters. The summed E-state index contributed by atoms with van der Waals surface area (Å²) >= 11 is 0. The Hall–Kier alpha value is -2.30. The molecule has 5 heteroatoms. The van der Waals surface area contributed by atoms with Crippen LogP contribution >= 0.6 is 0 Å². The number of nitrogens with zero attached hydrogens (tertiary/aromatic N) is 3. The summed E-state index contributed by atoms with van der Waals surface area (Å²) in [6.45, 7) is 1.89. The fourth-order valence-electron chi connectivity index (χ4n) is 2.54. The van der Waals surface area contributed by atoms with Gasteiger partial charge in [0, 0.05) is 35.4 Å². The van der Waals surface area contributed by atoms with Gasteiger partial charge in [-0.2, -0.15) is 0 Å². The number of hydrogen-bond acceptors (Lipinski definition) is 4. The van der Waals surface area contributed by atoms with Crippen molar-refractivity contribution < 1.29 is 4.79 Å². The number of rotatable bonds is 2. The van der Waals surface area contributed by atoms with Crippen molar-refractivity contribution >= 4 is 5.91 Å². The molecule has 0 bridgehead atoms. The van der Waals surface area contributed by atoms with Crippen molar-refractivity contribution in [1.82, 2.24) is 20.3 Å². The maximum atomic E-state index is 12.2. The van der Waals surface area contributed by atoms with Gasteiger partial charge in [0.25, 0.3) is 5.91 Å². The lowest BCUT2D eigenvalue weighted by atomic mass is 9.92. The zero-order valence-corrected chi connectivity index (χ0v) is 11.3. The van der Waals surface area contributed by atoms with E-state index in [4.69, 9.17) is 0 Å². The van der Waals surface area contributed by atoms with Crippen LogP contribution in [-0.2, 0) is 6.42 Å². The Morgan fingerprint density at radius 1 is 1.35 bits per heavy atom. The molecule has 5 nitrogen and oxygen atoms in total. The summed E-state index contributed by atoms with van der Waals surface area (Å²) in [5.74, 6) is 0.704. The fraction of sp³-hybridized carbons (Fsp3) is 0.333. The molecule has 3 rings (SSSR count). The zero-order chi connectivity index (χ0) is 13.9. The number of carbonyl (C=O) groups excluding carboxylic acids is 1. The van der Waals surface area contributed by atoms with Crippen molar-refractivity contribution in [3.05, 3.63) is 53.4 Å². The van der Waals surface area contributed by atoms with Gasteiger partial charge in [-0.05, 0) is 38.3 Å². The summed E-state index contributed by atoms with van der Waals surface area (Å²) in [5, 5.41) is 3.06. The first-order chi connectivity index (χ1) is 9.74. The zero-order valence-electron chi connectivity index (χ0n) is 11.3. The first-order valence-corrected chi connectivity index (χ1v) is 6.77. The summed E-state index contributed by atoms with van der Waals surface area (Å²) in [6, 6.07) is 3.43. The van der Waals surface area contributed by atoms with Gasteiger partial charge in [-0.25, -0.2) is 9.97 Å². The Morgan fingerprint density at radius 2 is 2.15 bits per heavy atom. The summed E-state index contributed by atoms with van der Waals surface area (Å²) in [4.78, 5) is 24.9. The summed E-state index contributed by atoms with van der Waals surface area (Å²) < 4.78 is 0. The molecule has 0 saturated heterocycles. The Morgan fingerprint density at radius 3 is 2.95 bits per heavy atom. The third-order valence-corrected chi connectivity index (χ3v) is 3.55. The van der Waals surface area contributed by atoms with Gasteiger partial charge >= 0.3 is 0 Å². The van der Waals surface area contributed by atoms with Crippen LogP contribution < -0.4 is 5.32 Å². The lowest BCUT2D eigenvalue weighted by Gasteiger charge is -2.25. The van der Waals surface area contributed by atoms with Crippen LogP contribution in [0.4, 0.5) is 0 Å². The number of aromatic nitrogens is 3. The standard InChI is InChI=1S/C15H16N4O/c1-10-17-9-12-13(18-10)3-2-4-14(12)19-15(20)11-5-7-16-8-6-11/h5-9,14H,2-4H2,1H3,(H,19,20)/t14-/m0/s1. The molecule has 102 valence electrons. The molecule has 2 aromatic heterocycles. The summed E-state index contributed by atoms with van der Waals surface area (Å²) in [7, 11) is 0. The molecule has 0 fully saturated rings. The molecular weight excluding hydrogens is 252 g/mol. The number of aryl methyl sites for hydroxylation is 2. The lowest BCUT2D eigenvalue weighted by Crippen LogP contribution is -2.31. The van der Waals surface area contributed by atoms with Gasteiger partial charge in [-0.3, -0.25) is 9.78 Å². The molecular formula is C15H16N4O. The van der Waals surface area contributed by atoms with Crippen molar-refractivity contribution in [1.29, 1.82) is 0 Å².